The Balaban J connectivity index is 2.09. The summed E-state index contributed by atoms with van der Waals surface area (Å²) in [5.74, 6) is 0.573. The first kappa shape index (κ1) is 19.3. The van der Waals surface area contributed by atoms with Crippen molar-refractivity contribution in [2.24, 2.45) is 0 Å². The average molecular weight is 409 g/mol. The van der Waals surface area contributed by atoms with Crippen LogP contribution >= 0.6 is 34.8 Å². The van der Waals surface area contributed by atoms with E-state index in [2.05, 4.69) is 4.98 Å². The first-order valence-corrected chi connectivity index (χ1v) is 9.86. The number of hydrogen-bond acceptors (Lipinski definition) is 3. The van der Waals surface area contributed by atoms with Crippen molar-refractivity contribution < 1.29 is 8.95 Å². The lowest BCUT2D eigenvalue weighted by molar-refractivity contribution is 0.313. The summed E-state index contributed by atoms with van der Waals surface area (Å²) in [6, 6.07) is 4.60. The number of aromatic nitrogens is 1. The van der Waals surface area contributed by atoms with Crippen LogP contribution in [0.4, 0.5) is 0 Å². The van der Waals surface area contributed by atoms with Crippen LogP contribution in [0.1, 0.15) is 24.6 Å². The molecule has 0 aliphatic carbocycles. The van der Waals surface area contributed by atoms with Gasteiger partial charge >= 0.3 is 0 Å². The normalized spacial score (nSPS) is 12.2. The summed E-state index contributed by atoms with van der Waals surface area (Å²) in [5.41, 5.74) is 0.846. The first-order valence-electron chi connectivity index (χ1n) is 7.24. The maximum absolute atomic E-state index is 12.4. The fraction of sp³-hybridized carbons (Fsp3) is 0.312. The molecule has 8 heteroatoms. The Morgan fingerprint density at radius 2 is 1.88 bits per heavy atom. The molecule has 0 aliphatic heterocycles. The van der Waals surface area contributed by atoms with Crippen LogP contribution in [0, 0.1) is 0 Å². The fourth-order valence-corrected chi connectivity index (χ4v) is 4.07. The average Bonchev–Trinajstić information content (AvgIpc) is 2.54. The van der Waals surface area contributed by atoms with E-state index in [4.69, 9.17) is 39.5 Å². The summed E-state index contributed by atoms with van der Waals surface area (Å²) in [7, 11) is -1.31. The molecule has 0 bridgehead atoms. The second-order valence-corrected chi connectivity index (χ2v) is 7.73. The van der Waals surface area contributed by atoms with Gasteiger partial charge in [0.15, 0.2) is 5.75 Å². The molecule has 0 saturated carbocycles. The Hall–Kier alpha value is -1.01. The zero-order valence-electron chi connectivity index (χ0n) is 12.9. The highest BCUT2D eigenvalue weighted by Crippen LogP contribution is 2.32. The van der Waals surface area contributed by atoms with Crippen LogP contribution in [-0.2, 0) is 22.3 Å². The predicted octanol–water partition coefficient (Wildman–Crippen LogP) is 4.57. The molecular formula is C16H16Cl3NO3S. The third-order valence-corrected chi connectivity index (χ3v) is 5.60. The highest BCUT2D eigenvalue weighted by molar-refractivity contribution is 7.83. The number of ether oxygens (including phenoxy) is 1. The summed E-state index contributed by atoms with van der Waals surface area (Å²) in [6.07, 6.45) is 2.30. The summed E-state index contributed by atoms with van der Waals surface area (Å²) in [6.45, 7) is 2.43. The first-order chi connectivity index (χ1) is 11.4. The monoisotopic (exact) mass is 407 g/mol. The molecular weight excluding hydrogens is 393 g/mol. The number of benzene rings is 1. The van der Waals surface area contributed by atoms with E-state index in [1.807, 2.05) is 6.92 Å². The highest BCUT2D eigenvalue weighted by atomic mass is 35.5. The van der Waals surface area contributed by atoms with Crippen molar-refractivity contribution in [3.63, 3.8) is 0 Å². The fourth-order valence-electron chi connectivity index (χ4n) is 2.00. The number of nitrogens with one attached hydrogen (secondary N) is 1. The van der Waals surface area contributed by atoms with E-state index in [1.54, 1.807) is 12.1 Å². The van der Waals surface area contributed by atoms with Crippen molar-refractivity contribution >= 4 is 45.6 Å². The maximum Gasteiger partial charge on any atom is 0.223 e. The summed E-state index contributed by atoms with van der Waals surface area (Å²) < 4.78 is 17.7. The molecule has 0 fully saturated rings. The molecule has 2 aromatic rings. The summed E-state index contributed by atoms with van der Waals surface area (Å²) in [5, 5.41) is 1.07. The topological polar surface area (TPSA) is 59.2 Å². The lowest BCUT2D eigenvalue weighted by Crippen LogP contribution is -2.11. The molecule has 0 radical (unpaired) electrons. The molecule has 1 aromatic heterocycles. The quantitative estimate of drug-likeness (QED) is 0.683. The minimum absolute atomic E-state index is 0.147. The van der Waals surface area contributed by atoms with Gasteiger partial charge in [0.25, 0.3) is 0 Å². The van der Waals surface area contributed by atoms with E-state index in [9.17, 15) is 9.00 Å². The van der Waals surface area contributed by atoms with Gasteiger partial charge in [-0.15, -0.1) is 0 Å². The van der Waals surface area contributed by atoms with E-state index in [1.165, 1.54) is 12.3 Å². The molecule has 1 N–H and O–H groups in total. The minimum Gasteiger partial charge on any atom is -0.488 e. The van der Waals surface area contributed by atoms with Gasteiger partial charge < -0.3 is 9.72 Å². The number of hydrogen-bond donors (Lipinski definition) is 1. The number of pyridine rings is 1. The van der Waals surface area contributed by atoms with Gasteiger partial charge in [0, 0.05) is 39.3 Å². The Morgan fingerprint density at radius 3 is 2.54 bits per heavy atom. The lowest BCUT2D eigenvalue weighted by Gasteiger charge is -2.09. The standard InChI is InChI=1S/C16H16Cl3NO3S/c1-2-5-23-15-7-20-10(6-14(15)21)8-24(22)9-11-12(17)3-4-13(18)16(11)19/h3-4,6-7H,2,5,8-9H2,1H3,(H,20,21). The van der Waals surface area contributed by atoms with Crippen molar-refractivity contribution in [1.29, 1.82) is 0 Å². The molecule has 4 nitrogen and oxygen atoms in total. The summed E-state index contributed by atoms with van der Waals surface area (Å²) >= 11 is 18.2. The molecule has 24 heavy (non-hydrogen) atoms. The second kappa shape index (κ2) is 8.90. The number of rotatable bonds is 7. The van der Waals surface area contributed by atoms with E-state index < -0.39 is 10.8 Å². The van der Waals surface area contributed by atoms with E-state index in [0.29, 0.717) is 32.9 Å². The second-order valence-electron chi connectivity index (χ2n) is 5.09. The van der Waals surface area contributed by atoms with Gasteiger partial charge in [-0.3, -0.25) is 9.00 Å². The van der Waals surface area contributed by atoms with Crippen molar-refractivity contribution in [3.05, 3.63) is 60.9 Å². The SMILES string of the molecule is CCCOc1c[nH]c(CS(=O)Cc2c(Cl)ccc(Cl)c2Cl)cc1=O. The van der Waals surface area contributed by atoms with E-state index in [0.717, 1.165) is 6.42 Å². The minimum atomic E-state index is -1.31. The molecule has 1 unspecified atom stereocenters. The van der Waals surface area contributed by atoms with Crippen LogP contribution in [0.15, 0.2) is 29.2 Å². The van der Waals surface area contributed by atoms with Crippen molar-refractivity contribution in [3.8, 4) is 5.75 Å². The van der Waals surface area contributed by atoms with Crippen molar-refractivity contribution in [1.82, 2.24) is 4.98 Å². The molecule has 1 heterocycles. The number of halogens is 3. The lowest BCUT2D eigenvalue weighted by atomic mass is 10.2. The Labute approximate surface area is 157 Å². The van der Waals surface area contributed by atoms with Gasteiger partial charge in [-0.05, 0) is 18.6 Å². The molecule has 0 aliphatic rings. The highest BCUT2D eigenvalue weighted by Gasteiger charge is 2.14. The maximum atomic E-state index is 12.4. The molecule has 2 rings (SSSR count). The van der Waals surface area contributed by atoms with Gasteiger partial charge in [-0.25, -0.2) is 0 Å². The van der Waals surface area contributed by atoms with Gasteiger partial charge in [0.2, 0.25) is 5.43 Å². The van der Waals surface area contributed by atoms with Crippen LogP contribution < -0.4 is 10.2 Å². The predicted molar refractivity (Wildman–Crippen MR) is 99.9 cm³/mol. The molecule has 130 valence electrons. The van der Waals surface area contributed by atoms with Crippen LogP contribution in [-0.4, -0.2) is 15.8 Å². The largest absolute Gasteiger partial charge is 0.488 e. The Morgan fingerprint density at radius 1 is 1.17 bits per heavy atom. The third-order valence-electron chi connectivity index (χ3n) is 3.16. The number of aromatic amines is 1. The van der Waals surface area contributed by atoms with Gasteiger partial charge in [-0.1, -0.05) is 41.7 Å². The smallest absolute Gasteiger partial charge is 0.223 e. The van der Waals surface area contributed by atoms with Gasteiger partial charge in [-0.2, -0.15) is 0 Å². The van der Waals surface area contributed by atoms with E-state index in [-0.39, 0.29) is 22.7 Å². The van der Waals surface area contributed by atoms with Crippen LogP contribution in [0.5, 0.6) is 5.75 Å². The zero-order chi connectivity index (χ0) is 17.7. The van der Waals surface area contributed by atoms with Crippen LogP contribution in [0.25, 0.3) is 0 Å². The molecule has 0 spiro atoms. The molecule has 0 saturated heterocycles. The molecule has 1 aromatic carbocycles. The Bertz CT molecular complexity index is 808. The molecule has 1 atom stereocenters. The van der Waals surface area contributed by atoms with Crippen molar-refractivity contribution in [2.75, 3.05) is 6.61 Å². The van der Waals surface area contributed by atoms with Crippen LogP contribution in [0.2, 0.25) is 15.1 Å². The Kier molecular flexibility index (Phi) is 7.16. The third kappa shape index (κ3) is 4.99. The molecule has 0 amide bonds. The van der Waals surface area contributed by atoms with Gasteiger partial charge in [0.05, 0.1) is 28.2 Å². The van der Waals surface area contributed by atoms with Gasteiger partial charge in [0.1, 0.15) is 0 Å². The van der Waals surface area contributed by atoms with E-state index >= 15 is 0 Å². The van der Waals surface area contributed by atoms with Crippen LogP contribution in [0.3, 0.4) is 0 Å². The summed E-state index contributed by atoms with van der Waals surface area (Å²) in [4.78, 5) is 14.9. The zero-order valence-corrected chi connectivity index (χ0v) is 16.0. The van der Waals surface area contributed by atoms with Crippen molar-refractivity contribution in [2.45, 2.75) is 24.9 Å². The number of H-pyrrole nitrogens is 1.